The van der Waals surface area contributed by atoms with E-state index in [1.807, 2.05) is 0 Å². The van der Waals surface area contributed by atoms with Gasteiger partial charge < -0.3 is 5.11 Å². The zero-order valence-electron chi connectivity index (χ0n) is 8.79. The second-order valence-electron chi connectivity index (χ2n) is 3.55. The number of amides is 2. The Morgan fingerprint density at radius 1 is 1.18 bits per heavy atom. The molecule has 0 spiro atoms. The molecule has 0 saturated carbocycles. The highest BCUT2D eigenvalue weighted by Crippen LogP contribution is 2.22. The van der Waals surface area contributed by atoms with Crippen LogP contribution in [0.5, 0.6) is 0 Å². The van der Waals surface area contributed by atoms with Gasteiger partial charge in [0.05, 0.1) is 5.57 Å². The summed E-state index contributed by atoms with van der Waals surface area (Å²) in [4.78, 5) is 34.5. The van der Waals surface area contributed by atoms with Crippen molar-refractivity contribution in [2.75, 3.05) is 6.54 Å². The number of hydrogen-bond donors (Lipinski definition) is 1. The Labute approximate surface area is 97.0 Å². The van der Waals surface area contributed by atoms with E-state index in [9.17, 15) is 14.4 Å². The van der Waals surface area contributed by atoms with Crippen molar-refractivity contribution < 1.29 is 19.5 Å². The lowest BCUT2D eigenvalue weighted by Crippen LogP contribution is -2.35. The minimum absolute atomic E-state index is 0.233. The molecule has 1 N–H and O–H groups in total. The van der Waals surface area contributed by atoms with E-state index in [0.29, 0.717) is 10.5 Å². The molecule has 2 amide bonds. The monoisotopic (exact) mass is 231 g/mol. The lowest BCUT2D eigenvalue weighted by Gasteiger charge is -2.11. The largest absolute Gasteiger partial charge is 0.480 e. The van der Waals surface area contributed by atoms with Gasteiger partial charge in [0, 0.05) is 6.08 Å². The molecule has 2 rings (SSSR count). The molecule has 1 aromatic rings. The standard InChI is InChI=1S/C12H9NO4/c14-10-6-9(8-4-2-1-3-5-8)12(17)13(10)7-11(15)16/h1-6H,7H2,(H,15,16). The predicted octanol–water partition coefficient (Wildman–Crippen LogP) is 0.523. The molecule has 86 valence electrons. The maximum absolute atomic E-state index is 11.8. The van der Waals surface area contributed by atoms with Gasteiger partial charge in [-0.2, -0.15) is 0 Å². The summed E-state index contributed by atoms with van der Waals surface area (Å²) in [5.41, 5.74) is 0.843. The van der Waals surface area contributed by atoms with Crippen molar-refractivity contribution in [3.05, 3.63) is 42.0 Å². The lowest BCUT2D eigenvalue weighted by molar-refractivity contribution is -0.147. The molecule has 5 nitrogen and oxygen atoms in total. The third-order valence-electron chi connectivity index (χ3n) is 2.39. The summed E-state index contributed by atoms with van der Waals surface area (Å²) in [6.07, 6.45) is 1.17. The maximum atomic E-state index is 11.8. The summed E-state index contributed by atoms with van der Waals surface area (Å²) < 4.78 is 0. The van der Waals surface area contributed by atoms with Gasteiger partial charge in [0.25, 0.3) is 11.8 Å². The molecule has 0 fully saturated rings. The molecule has 5 heteroatoms. The minimum atomic E-state index is -1.21. The Balaban J connectivity index is 2.29. The van der Waals surface area contributed by atoms with Crippen LogP contribution in [0.4, 0.5) is 0 Å². The Hall–Kier alpha value is -2.43. The summed E-state index contributed by atoms with van der Waals surface area (Å²) in [5, 5.41) is 8.60. The Bertz CT molecular complexity index is 519. The topological polar surface area (TPSA) is 74.7 Å². The zero-order chi connectivity index (χ0) is 12.4. The highest BCUT2D eigenvalue weighted by atomic mass is 16.4. The molecule has 0 saturated heterocycles. The van der Waals surface area contributed by atoms with E-state index in [0.717, 1.165) is 0 Å². The first-order valence-electron chi connectivity index (χ1n) is 4.94. The van der Waals surface area contributed by atoms with E-state index in [1.54, 1.807) is 30.3 Å². The van der Waals surface area contributed by atoms with Crippen molar-refractivity contribution in [2.24, 2.45) is 0 Å². The Morgan fingerprint density at radius 2 is 1.82 bits per heavy atom. The summed E-state index contributed by atoms with van der Waals surface area (Å²) in [6, 6.07) is 8.67. The van der Waals surface area contributed by atoms with Crippen LogP contribution in [-0.2, 0) is 14.4 Å². The molecule has 0 bridgehead atoms. The summed E-state index contributed by atoms with van der Waals surface area (Å²) in [5.74, 6) is -2.37. The van der Waals surface area contributed by atoms with Gasteiger partial charge in [-0.25, -0.2) is 0 Å². The second-order valence-corrected chi connectivity index (χ2v) is 3.55. The van der Waals surface area contributed by atoms with Gasteiger partial charge in [-0.1, -0.05) is 30.3 Å². The van der Waals surface area contributed by atoms with Crippen molar-refractivity contribution in [3.63, 3.8) is 0 Å². The SMILES string of the molecule is O=C(O)CN1C(=O)C=C(c2ccccc2)C1=O. The average Bonchev–Trinajstić information content (AvgIpc) is 2.58. The molecule has 1 aliphatic heterocycles. The molecule has 0 aliphatic carbocycles. The highest BCUT2D eigenvalue weighted by molar-refractivity contribution is 6.33. The molecule has 0 aromatic heterocycles. The van der Waals surface area contributed by atoms with E-state index in [1.165, 1.54) is 6.08 Å². The Morgan fingerprint density at radius 3 is 2.41 bits per heavy atom. The summed E-state index contributed by atoms with van der Waals surface area (Å²) >= 11 is 0. The number of carbonyl (C=O) groups is 3. The zero-order valence-corrected chi connectivity index (χ0v) is 8.79. The third kappa shape index (κ3) is 2.08. The third-order valence-corrected chi connectivity index (χ3v) is 2.39. The number of carbonyl (C=O) groups excluding carboxylic acids is 2. The van der Waals surface area contributed by atoms with Crippen LogP contribution in [0.25, 0.3) is 5.57 Å². The molecule has 1 aliphatic rings. The maximum Gasteiger partial charge on any atom is 0.323 e. The highest BCUT2D eigenvalue weighted by Gasteiger charge is 2.32. The fraction of sp³-hybridized carbons (Fsp3) is 0.0833. The van der Waals surface area contributed by atoms with Crippen LogP contribution in [0, 0.1) is 0 Å². The van der Waals surface area contributed by atoms with Crippen molar-refractivity contribution in [2.45, 2.75) is 0 Å². The van der Waals surface area contributed by atoms with E-state index >= 15 is 0 Å². The summed E-state index contributed by atoms with van der Waals surface area (Å²) in [6.45, 7) is -0.607. The number of carboxylic acid groups (broad SMARTS) is 1. The second kappa shape index (κ2) is 4.21. The number of imide groups is 1. The summed E-state index contributed by atoms with van der Waals surface area (Å²) in [7, 11) is 0. The predicted molar refractivity (Wildman–Crippen MR) is 58.8 cm³/mol. The van der Waals surface area contributed by atoms with Crippen LogP contribution >= 0.6 is 0 Å². The fourth-order valence-electron chi connectivity index (χ4n) is 1.62. The number of benzene rings is 1. The first kappa shape index (κ1) is 11.1. The molecule has 17 heavy (non-hydrogen) atoms. The molecule has 0 radical (unpaired) electrons. The van der Waals surface area contributed by atoms with Gasteiger partial charge in [-0.3, -0.25) is 19.3 Å². The van der Waals surface area contributed by atoms with Crippen molar-refractivity contribution in [3.8, 4) is 0 Å². The number of carboxylic acids is 1. The van der Waals surface area contributed by atoms with Gasteiger partial charge in [-0.15, -0.1) is 0 Å². The molecular weight excluding hydrogens is 222 g/mol. The van der Waals surface area contributed by atoms with Crippen molar-refractivity contribution >= 4 is 23.4 Å². The first-order chi connectivity index (χ1) is 8.09. The van der Waals surface area contributed by atoms with Gasteiger partial charge in [0.15, 0.2) is 0 Å². The van der Waals surface area contributed by atoms with Gasteiger partial charge in [0.2, 0.25) is 0 Å². The van der Waals surface area contributed by atoms with Crippen molar-refractivity contribution in [1.29, 1.82) is 0 Å². The van der Waals surface area contributed by atoms with Crippen LogP contribution < -0.4 is 0 Å². The number of aliphatic carboxylic acids is 1. The average molecular weight is 231 g/mol. The Kier molecular flexibility index (Phi) is 2.74. The van der Waals surface area contributed by atoms with Crippen molar-refractivity contribution in [1.82, 2.24) is 4.90 Å². The minimum Gasteiger partial charge on any atom is -0.480 e. The fourth-order valence-corrected chi connectivity index (χ4v) is 1.62. The van der Waals surface area contributed by atoms with Crippen LogP contribution in [0.3, 0.4) is 0 Å². The van der Waals surface area contributed by atoms with Gasteiger partial charge >= 0.3 is 5.97 Å². The van der Waals surface area contributed by atoms with E-state index in [4.69, 9.17) is 5.11 Å². The molecule has 0 atom stereocenters. The smallest absolute Gasteiger partial charge is 0.323 e. The lowest BCUT2D eigenvalue weighted by atomic mass is 10.1. The molecular formula is C12H9NO4. The van der Waals surface area contributed by atoms with E-state index in [2.05, 4.69) is 0 Å². The number of rotatable bonds is 3. The van der Waals surface area contributed by atoms with Crippen LogP contribution in [0.15, 0.2) is 36.4 Å². The van der Waals surface area contributed by atoms with Crippen LogP contribution in [0.1, 0.15) is 5.56 Å². The van der Waals surface area contributed by atoms with Crippen LogP contribution in [-0.4, -0.2) is 34.3 Å². The van der Waals surface area contributed by atoms with E-state index in [-0.39, 0.29) is 5.57 Å². The van der Waals surface area contributed by atoms with E-state index < -0.39 is 24.3 Å². The molecule has 1 heterocycles. The van der Waals surface area contributed by atoms with Gasteiger partial charge in [-0.05, 0) is 5.56 Å². The number of hydrogen-bond acceptors (Lipinski definition) is 3. The van der Waals surface area contributed by atoms with Crippen LogP contribution in [0.2, 0.25) is 0 Å². The quantitative estimate of drug-likeness (QED) is 0.770. The van der Waals surface area contributed by atoms with Gasteiger partial charge in [0.1, 0.15) is 6.54 Å². The number of nitrogens with zero attached hydrogens (tertiary/aromatic N) is 1. The normalized spacial score (nSPS) is 15.1. The first-order valence-corrected chi connectivity index (χ1v) is 4.94. The molecule has 1 aromatic carbocycles. The molecule has 0 unspecified atom stereocenters.